The first-order chi connectivity index (χ1) is 25.8. The third-order valence-corrected chi connectivity index (χ3v) is 13.7. The van der Waals surface area contributed by atoms with Crippen LogP contribution in [0.3, 0.4) is 0 Å². The number of halogens is 1. The van der Waals surface area contributed by atoms with Crippen LogP contribution in [0.25, 0.3) is 10.8 Å². The van der Waals surface area contributed by atoms with E-state index in [0.29, 0.717) is 48.0 Å². The van der Waals surface area contributed by atoms with Crippen LogP contribution in [-0.2, 0) is 29.1 Å². The molecule has 1 saturated heterocycles. The summed E-state index contributed by atoms with van der Waals surface area (Å²) in [6, 6.07) is 3.05. The molecular weight excluding hydrogens is 750 g/mol. The lowest BCUT2D eigenvalue weighted by molar-refractivity contribution is -0.142. The Hall–Kier alpha value is -4.11. The van der Waals surface area contributed by atoms with E-state index in [1.807, 2.05) is 19.1 Å². The lowest BCUT2D eigenvalue weighted by Crippen LogP contribution is -2.59. The number of ether oxygens (including phenoxy) is 3. The predicted octanol–water partition coefficient (Wildman–Crippen LogP) is 5.02. The van der Waals surface area contributed by atoms with Crippen LogP contribution in [0.5, 0.6) is 11.5 Å². The van der Waals surface area contributed by atoms with Gasteiger partial charge in [-0.1, -0.05) is 37.6 Å². The van der Waals surface area contributed by atoms with Gasteiger partial charge in [0.1, 0.15) is 46.0 Å². The lowest BCUT2D eigenvalue weighted by Gasteiger charge is -2.33. The van der Waals surface area contributed by atoms with Crippen molar-refractivity contribution in [2.24, 2.45) is 17.8 Å². The fourth-order valence-corrected chi connectivity index (χ4v) is 9.12. The molecule has 0 unspecified atom stereocenters. The molecule has 4 aliphatic rings. The van der Waals surface area contributed by atoms with Gasteiger partial charge in [-0.2, -0.15) is 0 Å². The number of nitrogens with zero attached hydrogens (tertiary/aromatic N) is 2. The summed E-state index contributed by atoms with van der Waals surface area (Å²) in [6.45, 7) is 10.7. The first-order valence-electron chi connectivity index (χ1n) is 18.9. The normalized spacial score (nSPS) is 30.1. The number of amides is 4. The number of hydrogen-bond acceptors (Lipinski definition) is 10. The van der Waals surface area contributed by atoms with E-state index in [1.54, 1.807) is 45.9 Å². The summed E-state index contributed by atoms with van der Waals surface area (Å²) in [5.41, 5.74) is -2.37. The van der Waals surface area contributed by atoms with E-state index in [-0.39, 0.29) is 36.4 Å². The van der Waals surface area contributed by atoms with Crippen molar-refractivity contribution in [1.82, 2.24) is 25.2 Å². The number of carbonyl (C=O) groups is 4. The molecule has 0 spiro atoms. The van der Waals surface area contributed by atoms with Crippen LogP contribution >= 0.6 is 11.6 Å². The van der Waals surface area contributed by atoms with Gasteiger partial charge < -0.3 is 29.7 Å². The summed E-state index contributed by atoms with van der Waals surface area (Å²) in [4.78, 5) is 62.1. The average Bonchev–Trinajstić information content (AvgIpc) is 3.98. The van der Waals surface area contributed by atoms with Gasteiger partial charge in [-0.3, -0.25) is 19.1 Å². The molecule has 0 radical (unpaired) electrons. The zero-order valence-electron chi connectivity index (χ0n) is 32.4. The molecule has 2 aromatic rings. The van der Waals surface area contributed by atoms with Crippen molar-refractivity contribution in [2.45, 2.75) is 121 Å². The maximum absolute atomic E-state index is 14.8. The second-order valence-corrected chi connectivity index (χ2v) is 19.5. The van der Waals surface area contributed by atoms with Gasteiger partial charge in [0.05, 0.1) is 24.6 Å². The van der Waals surface area contributed by atoms with Gasteiger partial charge in [0.2, 0.25) is 21.8 Å². The number of allylic oxidation sites excluding steroid dienone is 1. The van der Waals surface area contributed by atoms with Gasteiger partial charge in [-0.05, 0) is 96.3 Å². The van der Waals surface area contributed by atoms with Crippen molar-refractivity contribution in [1.29, 1.82) is 0 Å². The largest absolute Gasteiger partial charge is 0.497 e. The Morgan fingerprint density at radius 3 is 2.51 bits per heavy atom. The number of hydrogen-bond donors (Lipinski definition) is 3. The van der Waals surface area contributed by atoms with E-state index in [0.717, 1.165) is 6.42 Å². The smallest absolute Gasteiger partial charge is 0.408 e. The molecule has 16 heteroatoms. The van der Waals surface area contributed by atoms with Crippen LogP contribution in [0, 0.1) is 17.8 Å². The van der Waals surface area contributed by atoms with Gasteiger partial charge in [-0.15, -0.1) is 0 Å². The van der Waals surface area contributed by atoms with Gasteiger partial charge in [-0.25, -0.2) is 18.2 Å². The molecule has 3 fully saturated rings. The number of aromatic nitrogens is 1. The minimum Gasteiger partial charge on any atom is -0.497 e. The zero-order chi connectivity index (χ0) is 40.1. The van der Waals surface area contributed by atoms with Crippen molar-refractivity contribution < 1.29 is 41.8 Å². The zero-order valence-corrected chi connectivity index (χ0v) is 34.0. The van der Waals surface area contributed by atoms with Crippen LogP contribution < -0.4 is 24.8 Å². The van der Waals surface area contributed by atoms with Crippen LogP contribution in [-0.4, -0.2) is 89.8 Å². The Bertz CT molecular complexity index is 2000. The molecule has 2 saturated carbocycles. The topological polar surface area (TPSA) is 182 Å². The van der Waals surface area contributed by atoms with Crippen molar-refractivity contribution >= 4 is 56.2 Å². The Morgan fingerprint density at radius 2 is 1.84 bits per heavy atom. The molecule has 1 aromatic heterocycles. The van der Waals surface area contributed by atoms with Crippen LogP contribution in [0.2, 0.25) is 5.15 Å². The number of methoxy groups -OCH3 is 1. The van der Waals surface area contributed by atoms with Gasteiger partial charge in [0, 0.05) is 23.1 Å². The Kier molecular flexibility index (Phi) is 11.1. The molecule has 300 valence electrons. The molecule has 0 bridgehead atoms. The summed E-state index contributed by atoms with van der Waals surface area (Å²) in [5.74, 6) is -1.73. The van der Waals surface area contributed by atoms with E-state index < -0.39 is 73.8 Å². The number of carbonyl (C=O) groups excluding carboxylic acids is 4. The third kappa shape index (κ3) is 8.67. The number of sulfonamides is 1. The van der Waals surface area contributed by atoms with Crippen molar-refractivity contribution in [3.8, 4) is 11.5 Å². The molecule has 14 nitrogen and oxygen atoms in total. The summed E-state index contributed by atoms with van der Waals surface area (Å²) >= 11 is 6.42. The van der Waals surface area contributed by atoms with Crippen LogP contribution in [0.1, 0.15) is 86.5 Å². The molecule has 2 aliphatic carbocycles. The first kappa shape index (κ1) is 40.6. The Labute approximate surface area is 327 Å². The fourth-order valence-electron chi connectivity index (χ4n) is 7.59. The van der Waals surface area contributed by atoms with Crippen molar-refractivity contribution in [2.75, 3.05) is 13.7 Å². The summed E-state index contributed by atoms with van der Waals surface area (Å²) in [6.07, 6.45) is 6.86. The minimum atomic E-state index is -4.01. The molecule has 2 aliphatic heterocycles. The highest BCUT2D eigenvalue weighted by molar-refractivity contribution is 7.91. The standard InChI is InChI=1S/C39H52ClN5O9S/c1-22-10-8-9-11-24-19-39(24,35(48)44-55(50,51)38(6)14-15-38)43-33(46)29-18-26(53-30-20-41-32(40)27-13-12-25(52-7)17-28(27)30)21-45(29)34(47)31(23(2)16-22)42-36(49)54-37(3,4)5/h9,11-13,17,20,22-24,26,29,31H,8,10,14-16,18-19,21H2,1-7H3,(H,42,49)(H,43,46)(H,44,48)/b11-9-/t22-,23-,24-,26-,29+,31+,39-/m1/s1. The second-order valence-electron chi connectivity index (χ2n) is 16.9. The average molecular weight is 802 g/mol. The number of alkyl carbamates (subject to hydrolysis) is 1. The minimum absolute atomic E-state index is 0.0180. The highest BCUT2D eigenvalue weighted by atomic mass is 35.5. The van der Waals surface area contributed by atoms with Gasteiger partial charge in [0.15, 0.2) is 0 Å². The van der Waals surface area contributed by atoms with E-state index in [1.165, 1.54) is 18.2 Å². The number of benzene rings is 1. The first-order valence-corrected chi connectivity index (χ1v) is 20.8. The number of rotatable bonds is 7. The van der Waals surface area contributed by atoms with E-state index in [9.17, 15) is 27.6 Å². The fraction of sp³-hybridized carbons (Fsp3) is 0.615. The van der Waals surface area contributed by atoms with E-state index in [4.69, 9.17) is 25.8 Å². The van der Waals surface area contributed by atoms with Crippen molar-refractivity contribution in [3.05, 3.63) is 41.7 Å². The molecule has 1 aromatic carbocycles. The quantitative estimate of drug-likeness (QED) is 0.254. The number of fused-ring (bicyclic) bond motifs is 3. The number of nitrogens with one attached hydrogen (secondary N) is 3. The summed E-state index contributed by atoms with van der Waals surface area (Å²) in [5, 5.41) is 7.18. The molecule has 3 N–H and O–H groups in total. The lowest BCUT2D eigenvalue weighted by atomic mass is 9.88. The highest BCUT2D eigenvalue weighted by Gasteiger charge is 2.63. The molecular formula is C39H52ClN5O9S. The Balaban J connectivity index is 1.36. The SMILES string of the molecule is COc1ccc2c(Cl)ncc(O[C@@H]3C[C@H]4C(=O)N[C@]5(C(=O)NS(=O)(=O)C6(C)CC6)C[C@H]5/C=C\CC[C@@H](C)C[C@@H](C)[C@H](NC(=O)OC(C)(C)C)C(=O)N4C3)c2c1. The molecule has 3 heterocycles. The summed E-state index contributed by atoms with van der Waals surface area (Å²) in [7, 11) is -2.47. The predicted molar refractivity (Wildman–Crippen MR) is 206 cm³/mol. The van der Waals surface area contributed by atoms with Crippen LogP contribution in [0.15, 0.2) is 36.5 Å². The maximum Gasteiger partial charge on any atom is 0.408 e. The Morgan fingerprint density at radius 1 is 1.11 bits per heavy atom. The maximum atomic E-state index is 14.8. The third-order valence-electron chi connectivity index (χ3n) is 11.2. The molecule has 7 atom stereocenters. The number of pyridine rings is 1. The van der Waals surface area contributed by atoms with Crippen molar-refractivity contribution in [3.63, 3.8) is 0 Å². The molecule has 6 rings (SSSR count). The van der Waals surface area contributed by atoms with Gasteiger partial charge in [0.25, 0.3) is 5.91 Å². The van der Waals surface area contributed by atoms with Gasteiger partial charge >= 0.3 is 6.09 Å². The van der Waals surface area contributed by atoms with Crippen LogP contribution in [0.4, 0.5) is 4.79 Å². The second kappa shape index (κ2) is 15.1. The summed E-state index contributed by atoms with van der Waals surface area (Å²) < 4.78 is 45.1. The highest BCUT2D eigenvalue weighted by Crippen LogP contribution is 2.48. The monoisotopic (exact) mass is 801 g/mol. The molecule has 55 heavy (non-hydrogen) atoms. The van der Waals surface area contributed by atoms with E-state index in [2.05, 4.69) is 27.3 Å². The van der Waals surface area contributed by atoms with E-state index >= 15 is 0 Å². The molecule has 4 amide bonds.